The van der Waals surface area contributed by atoms with Gasteiger partial charge in [0, 0.05) is 58.4 Å². The fourth-order valence-electron chi connectivity index (χ4n) is 3.83. The predicted octanol–water partition coefficient (Wildman–Crippen LogP) is -0.0275. The van der Waals surface area contributed by atoms with E-state index in [9.17, 15) is 9.59 Å². The first-order valence-electron chi connectivity index (χ1n) is 9.80. The van der Waals surface area contributed by atoms with Gasteiger partial charge in [-0.1, -0.05) is 0 Å². The van der Waals surface area contributed by atoms with Crippen LogP contribution in [-0.2, 0) is 27.8 Å². The number of morpholine rings is 1. The number of carbonyl (C=O) groups is 2. The molecule has 1 aromatic heterocycles. The molecule has 3 heterocycles. The summed E-state index contributed by atoms with van der Waals surface area (Å²) >= 11 is 0. The molecule has 0 atom stereocenters. The van der Waals surface area contributed by atoms with Gasteiger partial charge in [-0.15, -0.1) is 0 Å². The highest BCUT2D eigenvalue weighted by Gasteiger charge is 2.25. The first-order valence-corrected chi connectivity index (χ1v) is 9.80. The van der Waals surface area contributed by atoms with Crippen LogP contribution < -0.4 is 0 Å². The molecule has 1 aromatic rings. The van der Waals surface area contributed by atoms with Gasteiger partial charge in [0.2, 0.25) is 11.8 Å². The second-order valence-corrected chi connectivity index (χ2v) is 7.42. The van der Waals surface area contributed by atoms with Gasteiger partial charge in [-0.2, -0.15) is 5.10 Å². The molecule has 2 fully saturated rings. The Hall–Kier alpha value is -1.93. The fraction of sp³-hybridized carbons (Fsp3) is 0.737. The molecule has 0 spiro atoms. The normalized spacial score (nSPS) is 18.8. The molecule has 0 radical (unpaired) electrons. The van der Waals surface area contributed by atoms with E-state index in [0.29, 0.717) is 52.4 Å². The Balaban J connectivity index is 1.42. The number of hydrogen-bond acceptors (Lipinski definition) is 5. The highest BCUT2D eigenvalue weighted by Crippen LogP contribution is 2.15. The lowest BCUT2D eigenvalue weighted by Gasteiger charge is -2.36. The molecular formula is C19H31N5O3. The van der Waals surface area contributed by atoms with E-state index in [2.05, 4.69) is 10.00 Å². The SMILES string of the molecule is Cc1nn(C)c(C)c1CCC(=O)N1CCN(C(=O)CN2CCOCC2)CC1. The Bertz CT molecular complexity index is 673. The first-order chi connectivity index (χ1) is 13.0. The van der Waals surface area contributed by atoms with Crippen molar-refractivity contribution in [2.45, 2.75) is 26.7 Å². The van der Waals surface area contributed by atoms with E-state index in [1.54, 1.807) is 0 Å². The van der Waals surface area contributed by atoms with Gasteiger partial charge in [0.25, 0.3) is 0 Å². The molecule has 2 aliphatic rings. The topological polar surface area (TPSA) is 70.9 Å². The van der Waals surface area contributed by atoms with Crippen LogP contribution in [0, 0.1) is 13.8 Å². The van der Waals surface area contributed by atoms with Crippen LogP contribution in [0.4, 0.5) is 0 Å². The van der Waals surface area contributed by atoms with Crippen LogP contribution in [-0.4, -0.2) is 95.3 Å². The third kappa shape index (κ3) is 4.87. The molecule has 8 nitrogen and oxygen atoms in total. The monoisotopic (exact) mass is 377 g/mol. The minimum Gasteiger partial charge on any atom is -0.379 e. The lowest BCUT2D eigenvalue weighted by molar-refractivity contribution is -0.140. The van der Waals surface area contributed by atoms with Crippen molar-refractivity contribution < 1.29 is 14.3 Å². The quantitative estimate of drug-likeness (QED) is 0.721. The minimum absolute atomic E-state index is 0.158. The van der Waals surface area contributed by atoms with Crippen molar-refractivity contribution in [3.05, 3.63) is 17.0 Å². The molecule has 150 valence electrons. The molecule has 8 heteroatoms. The van der Waals surface area contributed by atoms with Crippen molar-refractivity contribution in [1.82, 2.24) is 24.5 Å². The summed E-state index contributed by atoms with van der Waals surface area (Å²) in [6.07, 6.45) is 1.22. The number of aromatic nitrogens is 2. The molecule has 0 aliphatic carbocycles. The largest absolute Gasteiger partial charge is 0.379 e. The maximum Gasteiger partial charge on any atom is 0.236 e. The Kier molecular flexibility index (Phi) is 6.49. The lowest BCUT2D eigenvalue weighted by atomic mass is 10.1. The summed E-state index contributed by atoms with van der Waals surface area (Å²) in [5.41, 5.74) is 3.30. The molecule has 0 aromatic carbocycles. The Morgan fingerprint density at radius 3 is 2.11 bits per heavy atom. The Labute approximate surface area is 161 Å². The zero-order chi connectivity index (χ0) is 19.4. The molecule has 27 heavy (non-hydrogen) atoms. The van der Waals surface area contributed by atoms with Crippen LogP contribution in [0.25, 0.3) is 0 Å². The van der Waals surface area contributed by atoms with Gasteiger partial charge in [-0.25, -0.2) is 0 Å². The van der Waals surface area contributed by atoms with E-state index < -0.39 is 0 Å². The Morgan fingerprint density at radius 2 is 1.56 bits per heavy atom. The number of nitrogens with zero attached hydrogens (tertiary/aromatic N) is 5. The zero-order valence-corrected chi connectivity index (χ0v) is 16.7. The highest BCUT2D eigenvalue weighted by atomic mass is 16.5. The third-order valence-corrected chi connectivity index (χ3v) is 5.70. The molecule has 2 saturated heterocycles. The molecule has 3 rings (SSSR count). The van der Waals surface area contributed by atoms with Crippen LogP contribution >= 0.6 is 0 Å². The molecular weight excluding hydrogens is 346 g/mol. The highest BCUT2D eigenvalue weighted by molar-refractivity contribution is 5.79. The summed E-state index contributed by atoms with van der Waals surface area (Å²) < 4.78 is 7.19. The van der Waals surface area contributed by atoms with Crippen LogP contribution in [0.15, 0.2) is 0 Å². The van der Waals surface area contributed by atoms with E-state index >= 15 is 0 Å². The van der Waals surface area contributed by atoms with Gasteiger partial charge >= 0.3 is 0 Å². The zero-order valence-electron chi connectivity index (χ0n) is 16.7. The summed E-state index contributed by atoms with van der Waals surface area (Å²) in [5, 5.41) is 4.41. The predicted molar refractivity (Wildman–Crippen MR) is 101 cm³/mol. The number of rotatable bonds is 5. The van der Waals surface area contributed by atoms with Crippen molar-refractivity contribution in [2.24, 2.45) is 7.05 Å². The lowest BCUT2D eigenvalue weighted by Crippen LogP contribution is -2.53. The van der Waals surface area contributed by atoms with E-state index in [1.165, 1.54) is 5.56 Å². The van der Waals surface area contributed by atoms with Crippen LogP contribution in [0.5, 0.6) is 0 Å². The maximum absolute atomic E-state index is 12.6. The average molecular weight is 377 g/mol. The van der Waals surface area contributed by atoms with Gasteiger partial charge in [0.1, 0.15) is 0 Å². The molecule has 0 saturated carbocycles. The molecule has 0 N–H and O–H groups in total. The molecule has 0 bridgehead atoms. The van der Waals surface area contributed by atoms with E-state index in [-0.39, 0.29) is 11.8 Å². The summed E-state index contributed by atoms with van der Waals surface area (Å²) in [4.78, 5) is 30.9. The fourth-order valence-corrected chi connectivity index (χ4v) is 3.83. The van der Waals surface area contributed by atoms with Gasteiger partial charge in [-0.3, -0.25) is 19.2 Å². The maximum atomic E-state index is 12.6. The van der Waals surface area contributed by atoms with Gasteiger partial charge in [-0.05, 0) is 25.8 Å². The second kappa shape index (κ2) is 8.84. The summed E-state index contributed by atoms with van der Waals surface area (Å²) in [7, 11) is 1.93. The third-order valence-electron chi connectivity index (χ3n) is 5.70. The van der Waals surface area contributed by atoms with E-state index in [4.69, 9.17) is 4.74 Å². The summed E-state index contributed by atoms with van der Waals surface area (Å²) in [6, 6.07) is 0. The first kappa shape index (κ1) is 19.8. The number of hydrogen-bond donors (Lipinski definition) is 0. The summed E-state index contributed by atoms with van der Waals surface area (Å²) in [6.45, 7) is 10.0. The van der Waals surface area contributed by atoms with Crippen molar-refractivity contribution >= 4 is 11.8 Å². The Morgan fingerprint density at radius 1 is 0.963 bits per heavy atom. The average Bonchev–Trinajstić information content (AvgIpc) is 2.92. The van der Waals surface area contributed by atoms with Crippen molar-refractivity contribution in [3.63, 3.8) is 0 Å². The number of carbonyl (C=O) groups excluding carboxylic acids is 2. The van der Waals surface area contributed by atoms with Crippen molar-refractivity contribution in [1.29, 1.82) is 0 Å². The second-order valence-electron chi connectivity index (χ2n) is 7.42. The molecule has 0 unspecified atom stereocenters. The molecule has 2 amide bonds. The molecule has 2 aliphatic heterocycles. The number of piperazine rings is 1. The van der Waals surface area contributed by atoms with Crippen LogP contribution in [0.1, 0.15) is 23.4 Å². The van der Waals surface area contributed by atoms with Gasteiger partial charge in [0.15, 0.2) is 0 Å². The van der Waals surface area contributed by atoms with Crippen molar-refractivity contribution in [3.8, 4) is 0 Å². The van der Waals surface area contributed by atoms with E-state index in [1.807, 2.05) is 35.4 Å². The summed E-state index contributed by atoms with van der Waals surface area (Å²) in [5.74, 6) is 0.323. The van der Waals surface area contributed by atoms with Gasteiger partial charge in [0.05, 0.1) is 25.5 Å². The van der Waals surface area contributed by atoms with E-state index in [0.717, 1.165) is 30.9 Å². The number of amides is 2. The van der Waals surface area contributed by atoms with Crippen molar-refractivity contribution in [2.75, 3.05) is 59.0 Å². The smallest absolute Gasteiger partial charge is 0.236 e. The van der Waals surface area contributed by atoms with Crippen LogP contribution in [0.3, 0.4) is 0 Å². The van der Waals surface area contributed by atoms with Crippen LogP contribution in [0.2, 0.25) is 0 Å². The number of aryl methyl sites for hydroxylation is 2. The number of ether oxygens (including phenoxy) is 1. The standard InChI is InChI=1S/C19H31N5O3/c1-15-17(16(2)21(3)20-15)4-5-18(25)23-6-8-24(9-7-23)19(26)14-22-10-12-27-13-11-22/h4-14H2,1-3H3. The minimum atomic E-state index is 0.158. The van der Waals surface area contributed by atoms with Gasteiger partial charge < -0.3 is 14.5 Å².